The van der Waals surface area contributed by atoms with Crippen molar-refractivity contribution in [1.82, 2.24) is 0 Å². The quantitative estimate of drug-likeness (QED) is 0.331. The molecule has 0 saturated carbocycles. The van der Waals surface area contributed by atoms with Crippen LogP contribution in [0.5, 0.6) is 0 Å². The fourth-order valence-corrected chi connectivity index (χ4v) is 2.49. The second-order valence-corrected chi connectivity index (χ2v) is 8.28. The smallest absolute Gasteiger partial charge is 0.0428 e. The minimum atomic E-state index is 0.319. The standard InChI is InChI=1S/C9H12.C8H9Cl.C8H10.C3H7Cl.C3H8O/c1-2-6-9-7-4-3-5-8-9;1-2-7-3-5-8(9)6-4-7;1-2-8-6-4-3-5-7-8;2*1-2-3-4/h3-5,7-8H,2,6H2,1H3;3-6H,2H2,1H3;3-7H,2H2,1H3;2-3H2,1H3;4H,2-3H2,1H3. The first-order valence-corrected chi connectivity index (χ1v) is 13.4. The highest BCUT2D eigenvalue weighted by Gasteiger charge is 1.86. The third-order valence-electron chi connectivity index (χ3n) is 4.37. The van der Waals surface area contributed by atoms with Gasteiger partial charge in [0.05, 0.1) is 0 Å². The number of benzene rings is 3. The van der Waals surface area contributed by atoms with Gasteiger partial charge in [-0.1, -0.05) is 125 Å². The lowest BCUT2D eigenvalue weighted by molar-refractivity contribution is 0.295. The summed E-state index contributed by atoms with van der Waals surface area (Å²) in [6.07, 6.45) is 6.63. The summed E-state index contributed by atoms with van der Waals surface area (Å²) in [5, 5.41) is 8.69. The van der Waals surface area contributed by atoms with Crippen molar-refractivity contribution >= 4 is 23.2 Å². The van der Waals surface area contributed by atoms with Crippen molar-refractivity contribution in [2.75, 3.05) is 12.5 Å². The van der Waals surface area contributed by atoms with Crippen molar-refractivity contribution < 1.29 is 5.11 Å². The van der Waals surface area contributed by atoms with Crippen LogP contribution in [-0.2, 0) is 19.3 Å². The highest BCUT2D eigenvalue weighted by molar-refractivity contribution is 6.30. The Morgan fingerprint density at radius 1 is 0.559 bits per heavy atom. The molecule has 0 atom stereocenters. The van der Waals surface area contributed by atoms with Crippen molar-refractivity contribution in [3.05, 3.63) is 107 Å². The van der Waals surface area contributed by atoms with Crippen LogP contribution in [0.15, 0.2) is 84.9 Å². The molecule has 0 amide bonds. The summed E-state index contributed by atoms with van der Waals surface area (Å²) in [6.45, 7) is 10.8. The molecule has 3 aromatic carbocycles. The van der Waals surface area contributed by atoms with E-state index in [1.165, 1.54) is 29.5 Å². The van der Waals surface area contributed by atoms with Crippen LogP contribution in [0.25, 0.3) is 0 Å². The summed E-state index contributed by atoms with van der Waals surface area (Å²) in [4.78, 5) is 0. The maximum Gasteiger partial charge on any atom is 0.0428 e. The lowest BCUT2D eigenvalue weighted by Crippen LogP contribution is -1.78. The van der Waals surface area contributed by atoms with Gasteiger partial charge in [-0.3, -0.25) is 0 Å². The monoisotopic (exact) mass is 504 g/mol. The Balaban J connectivity index is 0. The van der Waals surface area contributed by atoms with Gasteiger partial charge in [0.1, 0.15) is 0 Å². The number of hydrogen-bond donors (Lipinski definition) is 1. The van der Waals surface area contributed by atoms with Crippen LogP contribution in [0, 0.1) is 0 Å². The normalized spacial score (nSPS) is 8.94. The van der Waals surface area contributed by atoms with E-state index in [-0.39, 0.29) is 0 Å². The van der Waals surface area contributed by atoms with Crippen molar-refractivity contribution in [2.45, 2.75) is 73.1 Å². The molecule has 3 rings (SSSR count). The van der Waals surface area contributed by atoms with E-state index in [1.54, 1.807) is 0 Å². The van der Waals surface area contributed by atoms with E-state index in [9.17, 15) is 0 Å². The molecule has 1 nitrogen and oxygen atoms in total. The van der Waals surface area contributed by atoms with E-state index >= 15 is 0 Å². The molecule has 1 N–H and O–H groups in total. The van der Waals surface area contributed by atoms with Crippen molar-refractivity contribution in [2.24, 2.45) is 0 Å². The molecule has 0 radical (unpaired) electrons. The lowest BCUT2D eigenvalue weighted by Gasteiger charge is -1.93. The topological polar surface area (TPSA) is 20.2 Å². The van der Waals surface area contributed by atoms with E-state index in [2.05, 4.69) is 75.4 Å². The van der Waals surface area contributed by atoms with Crippen LogP contribution in [0.2, 0.25) is 5.02 Å². The van der Waals surface area contributed by atoms with Gasteiger partial charge in [-0.15, -0.1) is 11.6 Å². The number of aryl methyl sites for hydroxylation is 3. The Hall–Kier alpha value is -1.80. The third kappa shape index (κ3) is 23.4. The molecule has 3 aromatic rings. The average molecular weight is 506 g/mol. The molecule has 0 fully saturated rings. The summed E-state index contributed by atoms with van der Waals surface area (Å²) in [6, 6.07) is 28.9. The van der Waals surface area contributed by atoms with E-state index in [0.717, 1.165) is 36.6 Å². The Morgan fingerprint density at radius 3 is 1.24 bits per heavy atom. The van der Waals surface area contributed by atoms with E-state index in [0.29, 0.717) is 6.61 Å². The molecule has 3 heteroatoms. The van der Waals surface area contributed by atoms with Gasteiger partial charge in [0.15, 0.2) is 0 Å². The summed E-state index contributed by atoms with van der Waals surface area (Å²) in [7, 11) is 0. The summed E-state index contributed by atoms with van der Waals surface area (Å²) in [5.74, 6) is 0.792. The Labute approximate surface area is 220 Å². The van der Waals surface area contributed by atoms with Crippen LogP contribution in [0.1, 0.15) is 70.6 Å². The molecule has 0 aromatic heterocycles. The first kappa shape index (κ1) is 34.4. The second-order valence-electron chi connectivity index (χ2n) is 7.47. The highest BCUT2D eigenvalue weighted by Crippen LogP contribution is 2.09. The maximum absolute atomic E-state index is 7.88. The molecule has 0 heterocycles. The zero-order valence-corrected chi connectivity index (χ0v) is 23.5. The van der Waals surface area contributed by atoms with Gasteiger partial charge in [-0.2, -0.15) is 0 Å². The number of alkyl halides is 1. The predicted molar refractivity (Wildman–Crippen MR) is 155 cm³/mol. The summed E-state index contributed by atoms with van der Waals surface area (Å²) < 4.78 is 0. The molecule has 0 saturated heterocycles. The van der Waals surface area contributed by atoms with E-state index in [1.807, 2.05) is 44.2 Å². The fourth-order valence-electron chi connectivity index (χ4n) is 2.37. The van der Waals surface area contributed by atoms with E-state index < -0.39 is 0 Å². The molecule has 34 heavy (non-hydrogen) atoms. The highest BCUT2D eigenvalue weighted by atomic mass is 35.5. The fraction of sp³-hybridized carbons (Fsp3) is 0.419. The number of halogens is 2. The Kier molecular flexibility index (Phi) is 27.7. The first-order chi connectivity index (χ1) is 16.5. The van der Waals surface area contributed by atoms with Crippen LogP contribution < -0.4 is 0 Å². The predicted octanol–water partition coefficient (Wildman–Crippen LogP) is 9.81. The summed E-state index contributed by atoms with van der Waals surface area (Å²) >= 11 is 10.9. The largest absolute Gasteiger partial charge is 0.396 e. The van der Waals surface area contributed by atoms with Gasteiger partial charge >= 0.3 is 0 Å². The van der Waals surface area contributed by atoms with Gasteiger partial charge in [-0.05, 0) is 60.9 Å². The first-order valence-electron chi connectivity index (χ1n) is 12.5. The van der Waals surface area contributed by atoms with Gasteiger partial charge in [0.25, 0.3) is 0 Å². The van der Waals surface area contributed by atoms with Gasteiger partial charge in [0.2, 0.25) is 0 Å². The van der Waals surface area contributed by atoms with E-state index in [4.69, 9.17) is 28.3 Å². The van der Waals surface area contributed by atoms with Gasteiger partial charge in [-0.25, -0.2) is 0 Å². The third-order valence-corrected chi connectivity index (χ3v) is 5.00. The molecular formula is C31H46Cl2O. The van der Waals surface area contributed by atoms with Crippen molar-refractivity contribution in [3.8, 4) is 0 Å². The number of hydrogen-bond acceptors (Lipinski definition) is 1. The van der Waals surface area contributed by atoms with Crippen molar-refractivity contribution in [1.29, 1.82) is 0 Å². The Morgan fingerprint density at radius 2 is 0.941 bits per heavy atom. The molecule has 0 aliphatic carbocycles. The molecular weight excluding hydrogens is 459 g/mol. The zero-order valence-electron chi connectivity index (χ0n) is 21.9. The Bertz CT molecular complexity index is 735. The number of rotatable bonds is 6. The average Bonchev–Trinajstić information content (AvgIpc) is 2.91. The molecule has 0 bridgehead atoms. The van der Waals surface area contributed by atoms with Crippen molar-refractivity contribution in [3.63, 3.8) is 0 Å². The van der Waals surface area contributed by atoms with Crippen LogP contribution in [0.3, 0.4) is 0 Å². The van der Waals surface area contributed by atoms with Gasteiger partial charge < -0.3 is 5.11 Å². The molecule has 190 valence electrons. The van der Waals surface area contributed by atoms with Crippen LogP contribution >= 0.6 is 23.2 Å². The molecule has 0 unspecified atom stereocenters. The molecule has 0 aliphatic heterocycles. The zero-order chi connectivity index (χ0) is 25.9. The number of aliphatic hydroxyl groups is 1. The molecule has 0 aliphatic rings. The minimum absolute atomic E-state index is 0.319. The lowest BCUT2D eigenvalue weighted by atomic mass is 10.1. The van der Waals surface area contributed by atoms with Gasteiger partial charge in [0, 0.05) is 17.5 Å². The SMILES string of the molecule is CCCCl.CCCO.CCCc1ccccc1.CCc1ccc(Cl)cc1.CCc1ccccc1. The van der Waals surface area contributed by atoms with Crippen LogP contribution in [-0.4, -0.2) is 17.6 Å². The number of aliphatic hydroxyl groups excluding tert-OH is 1. The summed E-state index contributed by atoms with van der Waals surface area (Å²) in [5.41, 5.74) is 4.19. The minimum Gasteiger partial charge on any atom is -0.396 e. The second kappa shape index (κ2) is 27.4. The maximum atomic E-state index is 7.88. The van der Waals surface area contributed by atoms with Crippen LogP contribution in [0.4, 0.5) is 0 Å². The molecule has 0 spiro atoms.